The van der Waals surface area contributed by atoms with Gasteiger partial charge in [0, 0.05) is 52.0 Å². The van der Waals surface area contributed by atoms with Crippen LogP contribution in [0.2, 0.25) is 0 Å². The Labute approximate surface area is 382 Å². The highest BCUT2D eigenvalue weighted by Gasteiger charge is 2.17. The summed E-state index contributed by atoms with van der Waals surface area (Å²) in [6, 6.07) is 71.7. The van der Waals surface area contributed by atoms with Gasteiger partial charge in [-0.1, -0.05) is 176 Å². The highest BCUT2D eigenvalue weighted by Crippen LogP contribution is 2.38. The second-order valence-electron chi connectivity index (χ2n) is 15.7. The predicted molar refractivity (Wildman–Crippen MR) is 263 cm³/mol. The van der Waals surface area contributed by atoms with E-state index in [2.05, 4.69) is 83.8 Å². The predicted octanol–water partition coefficient (Wildman–Crippen LogP) is 13.5. The Balaban J connectivity index is 0.983. The summed E-state index contributed by atoms with van der Waals surface area (Å²) in [6.45, 7) is 0. The third kappa shape index (κ3) is 8.37. The zero-order valence-electron chi connectivity index (χ0n) is 35.5. The number of aromatic nitrogens is 8. The molecule has 0 bridgehead atoms. The van der Waals surface area contributed by atoms with Crippen LogP contribution in [0, 0.1) is 0 Å². The Hall–Kier alpha value is -9.14. The maximum absolute atomic E-state index is 5.04. The maximum Gasteiger partial charge on any atom is 0.182 e. The van der Waals surface area contributed by atoms with Crippen LogP contribution in [0.4, 0.5) is 0 Å². The fourth-order valence-electron chi connectivity index (χ4n) is 8.01. The summed E-state index contributed by atoms with van der Waals surface area (Å²) >= 11 is 0. The van der Waals surface area contributed by atoms with Crippen molar-refractivity contribution in [1.29, 1.82) is 0 Å². The lowest BCUT2D eigenvalue weighted by Gasteiger charge is -2.15. The van der Waals surface area contributed by atoms with Gasteiger partial charge in [-0.05, 0) is 75.3 Å². The molecule has 0 fully saturated rings. The van der Waals surface area contributed by atoms with E-state index in [0.717, 1.165) is 72.3 Å². The van der Waals surface area contributed by atoms with Gasteiger partial charge in [0.1, 0.15) is 5.69 Å². The van der Waals surface area contributed by atoms with Crippen LogP contribution in [0.25, 0.3) is 113 Å². The van der Waals surface area contributed by atoms with Gasteiger partial charge >= 0.3 is 0 Å². The minimum atomic E-state index is 0.498. The molecule has 0 aliphatic rings. The van der Waals surface area contributed by atoms with Gasteiger partial charge in [0.05, 0.1) is 0 Å². The first-order valence-electron chi connectivity index (χ1n) is 21.6. The smallest absolute Gasteiger partial charge is 0.182 e. The molecule has 0 saturated carbocycles. The SMILES string of the molecule is c1ccc(-c2ccc(-c3nc(-c4ccccc4)nc(-c4cccc(-c5ccc(-c6cccc(-c7nc(-c8ccccc8)nc(-c8ccccc8)n7)c6)cc5-c5ccncc5)c4)n3)nc2)cc1. The van der Waals surface area contributed by atoms with Gasteiger partial charge in [-0.15, -0.1) is 0 Å². The molecular formula is C58H38N8. The largest absolute Gasteiger partial charge is 0.265 e. The van der Waals surface area contributed by atoms with Crippen LogP contribution in [0.5, 0.6) is 0 Å². The van der Waals surface area contributed by atoms with Crippen LogP contribution in [-0.4, -0.2) is 39.9 Å². The van der Waals surface area contributed by atoms with Crippen LogP contribution in [0.1, 0.15) is 0 Å². The van der Waals surface area contributed by atoms with Crippen molar-refractivity contribution in [3.05, 3.63) is 231 Å². The van der Waals surface area contributed by atoms with E-state index in [0.29, 0.717) is 40.6 Å². The van der Waals surface area contributed by atoms with Crippen LogP contribution in [0.15, 0.2) is 231 Å². The quantitative estimate of drug-likeness (QED) is 0.134. The summed E-state index contributed by atoms with van der Waals surface area (Å²) < 4.78 is 0. The van der Waals surface area contributed by atoms with Crippen molar-refractivity contribution < 1.29 is 0 Å². The van der Waals surface area contributed by atoms with Crippen LogP contribution < -0.4 is 0 Å². The lowest BCUT2D eigenvalue weighted by molar-refractivity contribution is 1.06. The summed E-state index contributed by atoms with van der Waals surface area (Å²) in [4.78, 5) is 39.1. The minimum Gasteiger partial charge on any atom is -0.265 e. The fourth-order valence-corrected chi connectivity index (χ4v) is 8.01. The number of nitrogens with zero attached hydrogens (tertiary/aromatic N) is 8. The summed E-state index contributed by atoms with van der Waals surface area (Å²) in [5, 5.41) is 0. The second kappa shape index (κ2) is 17.9. The van der Waals surface area contributed by atoms with E-state index in [4.69, 9.17) is 34.9 Å². The van der Waals surface area contributed by atoms with Crippen LogP contribution in [-0.2, 0) is 0 Å². The van der Waals surface area contributed by atoms with Gasteiger partial charge in [-0.25, -0.2) is 29.9 Å². The average molecular weight is 847 g/mol. The highest BCUT2D eigenvalue weighted by atomic mass is 15.1. The lowest BCUT2D eigenvalue weighted by Crippen LogP contribution is -2.01. The minimum absolute atomic E-state index is 0.498. The van der Waals surface area contributed by atoms with Gasteiger partial charge in [-0.2, -0.15) is 0 Å². The van der Waals surface area contributed by atoms with Crippen LogP contribution >= 0.6 is 0 Å². The average Bonchev–Trinajstić information content (AvgIpc) is 3.42. The molecule has 0 amide bonds. The molecule has 0 radical (unpaired) electrons. The van der Waals surface area contributed by atoms with E-state index in [1.54, 1.807) is 0 Å². The Bertz CT molecular complexity index is 3380. The second-order valence-corrected chi connectivity index (χ2v) is 15.7. The number of rotatable bonds is 10. The van der Waals surface area contributed by atoms with Gasteiger partial charge < -0.3 is 0 Å². The molecule has 8 heteroatoms. The molecule has 0 spiro atoms. The van der Waals surface area contributed by atoms with E-state index in [1.165, 1.54) is 0 Å². The molecule has 66 heavy (non-hydrogen) atoms. The van der Waals surface area contributed by atoms with Crippen molar-refractivity contribution in [2.45, 2.75) is 0 Å². The first-order chi connectivity index (χ1) is 32.7. The molecule has 0 saturated heterocycles. The van der Waals surface area contributed by atoms with Crippen molar-refractivity contribution in [3.63, 3.8) is 0 Å². The summed E-state index contributed by atoms with van der Waals surface area (Å²) in [5.41, 5.74) is 13.5. The molecule has 0 unspecified atom stereocenters. The third-order valence-corrected chi connectivity index (χ3v) is 11.4. The van der Waals surface area contributed by atoms with Crippen molar-refractivity contribution in [2.24, 2.45) is 0 Å². The number of benzene rings is 7. The zero-order chi connectivity index (χ0) is 44.1. The van der Waals surface area contributed by atoms with Crippen molar-refractivity contribution >= 4 is 0 Å². The first kappa shape index (κ1) is 39.7. The van der Waals surface area contributed by atoms with Gasteiger partial charge in [-0.3, -0.25) is 9.97 Å². The number of pyridine rings is 2. The van der Waals surface area contributed by atoms with E-state index >= 15 is 0 Å². The molecular weight excluding hydrogens is 809 g/mol. The lowest BCUT2D eigenvalue weighted by atomic mass is 9.90. The van der Waals surface area contributed by atoms with Gasteiger partial charge in [0.15, 0.2) is 34.9 Å². The normalized spacial score (nSPS) is 11.0. The molecule has 0 N–H and O–H groups in total. The molecule has 8 nitrogen and oxygen atoms in total. The molecule has 7 aromatic carbocycles. The Morgan fingerprint density at radius 2 is 0.636 bits per heavy atom. The van der Waals surface area contributed by atoms with Gasteiger partial charge in [0.25, 0.3) is 0 Å². The maximum atomic E-state index is 5.04. The first-order valence-corrected chi connectivity index (χ1v) is 21.6. The fraction of sp³-hybridized carbons (Fsp3) is 0. The molecule has 4 heterocycles. The molecule has 0 atom stereocenters. The summed E-state index contributed by atoms with van der Waals surface area (Å²) in [7, 11) is 0. The zero-order valence-corrected chi connectivity index (χ0v) is 35.5. The standard InChI is InChI=1S/C58H38N8/c1-5-15-39(16-6-1)49-28-30-52(60-38-49)58-65-55(43-21-11-4-12-22-43)64-57(66-58)48-26-14-24-46(36-48)50-29-27-45(37-51(50)40-31-33-59-34-32-40)44-23-13-25-47(35-44)56-62-53(41-17-7-2-8-18-41)61-54(63-56)42-19-9-3-10-20-42/h1-38H. The molecule has 11 rings (SSSR count). The van der Waals surface area contributed by atoms with E-state index in [9.17, 15) is 0 Å². The van der Waals surface area contributed by atoms with Crippen LogP contribution in [0.3, 0.4) is 0 Å². The molecule has 310 valence electrons. The van der Waals surface area contributed by atoms with Crippen molar-refractivity contribution in [2.75, 3.05) is 0 Å². The molecule has 0 aliphatic carbocycles. The molecule has 0 aliphatic heterocycles. The number of hydrogen-bond acceptors (Lipinski definition) is 8. The van der Waals surface area contributed by atoms with E-state index < -0.39 is 0 Å². The third-order valence-electron chi connectivity index (χ3n) is 11.4. The highest BCUT2D eigenvalue weighted by molar-refractivity contribution is 5.89. The van der Waals surface area contributed by atoms with Crippen molar-refractivity contribution in [3.8, 4) is 113 Å². The van der Waals surface area contributed by atoms with Gasteiger partial charge in [0.2, 0.25) is 0 Å². The Morgan fingerprint density at radius 3 is 1.15 bits per heavy atom. The Kier molecular flexibility index (Phi) is 10.8. The van der Waals surface area contributed by atoms with E-state index in [1.807, 2.05) is 152 Å². The monoisotopic (exact) mass is 846 g/mol. The summed E-state index contributed by atoms with van der Waals surface area (Å²) in [5.74, 6) is 3.47. The number of hydrogen-bond donors (Lipinski definition) is 0. The van der Waals surface area contributed by atoms with Crippen molar-refractivity contribution in [1.82, 2.24) is 39.9 Å². The molecule has 4 aromatic heterocycles. The topological polar surface area (TPSA) is 103 Å². The molecule has 11 aromatic rings. The Morgan fingerprint density at radius 1 is 0.227 bits per heavy atom. The van der Waals surface area contributed by atoms with E-state index in [-0.39, 0.29) is 0 Å². The summed E-state index contributed by atoms with van der Waals surface area (Å²) in [6.07, 6.45) is 5.53.